The fourth-order valence-corrected chi connectivity index (χ4v) is 1.93. The zero-order chi connectivity index (χ0) is 13.1. The van der Waals surface area contributed by atoms with Crippen LogP contribution in [0.4, 0.5) is 0 Å². The van der Waals surface area contributed by atoms with Crippen molar-refractivity contribution in [2.45, 2.75) is 51.9 Å². The van der Waals surface area contributed by atoms with Crippen molar-refractivity contribution in [1.82, 2.24) is 9.80 Å². The highest BCUT2D eigenvalue weighted by Gasteiger charge is 2.02. The Labute approximate surface area is 108 Å². The first kappa shape index (κ1) is 16.3. The first-order valence-electron chi connectivity index (χ1n) is 6.98. The van der Waals surface area contributed by atoms with E-state index in [4.69, 9.17) is 0 Å². The van der Waals surface area contributed by atoms with Crippen LogP contribution in [0.1, 0.15) is 51.9 Å². The fraction of sp³-hybridized carbons (Fsp3) is 0.929. The molecule has 0 aromatic heterocycles. The summed E-state index contributed by atoms with van der Waals surface area (Å²) in [5.74, 6) is 1.07. The third kappa shape index (κ3) is 9.02. The van der Waals surface area contributed by atoms with E-state index in [9.17, 15) is 0 Å². The maximum Gasteiger partial charge on any atom is 0.195 e. The van der Waals surface area contributed by atoms with E-state index in [-0.39, 0.29) is 0 Å². The van der Waals surface area contributed by atoms with Crippen LogP contribution in [0.5, 0.6) is 0 Å². The van der Waals surface area contributed by atoms with Gasteiger partial charge in [0, 0.05) is 34.7 Å². The molecule has 102 valence electrons. The summed E-state index contributed by atoms with van der Waals surface area (Å²) in [6, 6.07) is 0. The Morgan fingerprint density at radius 1 is 0.765 bits per heavy atom. The van der Waals surface area contributed by atoms with Crippen molar-refractivity contribution in [1.29, 1.82) is 0 Å². The predicted octanol–water partition coefficient (Wildman–Crippen LogP) is 3.22. The van der Waals surface area contributed by atoms with Crippen LogP contribution in [0.15, 0.2) is 4.99 Å². The lowest BCUT2D eigenvalue weighted by Crippen LogP contribution is -2.35. The Morgan fingerprint density at radius 3 is 1.71 bits per heavy atom. The summed E-state index contributed by atoms with van der Waals surface area (Å²) < 4.78 is 0. The molecular weight excluding hydrogens is 210 g/mol. The molecule has 0 bridgehead atoms. The van der Waals surface area contributed by atoms with Crippen LogP contribution in [0.2, 0.25) is 0 Å². The summed E-state index contributed by atoms with van der Waals surface area (Å²) in [7, 11) is 8.18. The van der Waals surface area contributed by atoms with Gasteiger partial charge in [-0.1, -0.05) is 45.4 Å². The Hall–Kier alpha value is -0.730. The zero-order valence-corrected chi connectivity index (χ0v) is 12.5. The Bertz CT molecular complexity index is 188. The molecule has 3 nitrogen and oxygen atoms in total. The predicted molar refractivity (Wildman–Crippen MR) is 77.7 cm³/mol. The van der Waals surface area contributed by atoms with E-state index in [0.29, 0.717) is 0 Å². The number of nitrogens with zero attached hydrogens (tertiary/aromatic N) is 3. The maximum absolute atomic E-state index is 4.63. The van der Waals surface area contributed by atoms with Crippen molar-refractivity contribution >= 4 is 5.96 Å². The summed E-state index contributed by atoms with van der Waals surface area (Å²) in [6.07, 6.45) is 9.43. The van der Waals surface area contributed by atoms with Gasteiger partial charge in [0.25, 0.3) is 0 Å². The summed E-state index contributed by atoms with van der Waals surface area (Å²) in [6.45, 7) is 3.22. The minimum absolute atomic E-state index is 0.958. The Kier molecular flexibility index (Phi) is 9.98. The number of hydrogen-bond donors (Lipinski definition) is 0. The zero-order valence-electron chi connectivity index (χ0n) is 12.5. The lowest BCUT2D eigenvalue weighted by molar-refractivity contribution is 0.477. The lowest BCUT2D eigenvalue weighted by atomic mass is 10.1. The number of aliphatic imine (C=N–C) groups is 1. The molecule has 3 heteroatoms. The van der Waals surface area contributed by atoms with Gasteiger partial charge in [0.15, 0.2) is 5.96 Å². The molecule has 0 N–H and O–H groups in total. The number of guanidine groups is 1. The molecule has 0 atom stereocenters. The highest BCUT2D eigenvalue weighted by Crippen LogP contribution is 2.06. The molecule has 0 spiro atoms. The Balaban J connectivity index is 3.57. The number of unbranched alkanes of at least 4 members (excludes halogenated alkanes) is 6. The summed E-state index contributed by atoms with van der Waals surface area (Å²) in [5.41, 5.74) is 0. The molecule has 0 fully saturated rings. The molecule has 0 aliphatic rings. The lowest BCUT2D eigenvalue weighted by Gasteiger charge is -2.22. The van der Waals surface area contributed by atoms with E-state index < -0.39 is 0 Å². The van der Waals surface area contributed by atoms with Crippen LogP contribution < -0.4 is 0 Å². The number of rotatable bonds is 8. The van der Waals surface area contributed by atoms with Gasteiger partial charge >= 0.3 is 0 Å². The second-order valence-corrected chi connectivity index (χ2v) is 5.09. The van der Waals surface area contributed by atoms with E-state index >= 15 is 0 Å². The SMILES string of the molecule is CCCCCCCCCN=C(N(C)C)N(C)C. The summed E-state index contributed by atoms with van der Waals surface area (Å²) in [5, 5.41) is 0. The number of hydrogen-bond acceptors (Lipinski definition) is 1. The minimum atomic E-state index is 0.958. The van der Waals surface area contributed by atoms with Gasteiger partial charge in [-0.3, -0.25) is 4.99 Å². The first-order chi connectivity index (χ1) is 8.09. The average Bonchev–Trinajstić information content (AvgIpc) is 2.26. The van der Waals surface area contributed by atoms with E-state index in [2.05, 4.69) is 21.7 Å². The minimum Gasteiger partial charge on any atom is -0.349 e. The topological polar surface area (TPSA) is 18.8 Å². The highest BCUT2D eigenvalue weighted by atomic mass is 15.3. The van der Waals surface area contributed by atoms with Gasteiger partial charge in [-0.05, 0) is 6.42 Å². The van der Waals surface area contributed by atoms with Crippen molar-refractivity contribution in [3.8, 4) is 0 Å². The quantitative estimate of drug-likeness (QED) is 0.369. The fourth-order valence-electron chi connectivity index (χ4n) is 1.93. The van der Waals surface area contributed by atoms with Crippen molar-refractivity contribution < 1.29 is 0 Å². The molecule has 0 aromatic rings. The molecule has 0 unspecified atom stereocenters. The normalized spacial score (nSPS) is 10.2. The standard InChI is InChI=1S/C14H31N3/c1-6-7-8-9-10-11-12-13-15-14(16(2)3)17(4)5/h6-13H2,1-5H3. The van der Waals surface area contributed by atoms with E-state index in [0.717, 1.165) is 12.5 Å². The smallest absolute Gasteiger partial charge is 0.195 e. The monoisotopic (exact) mass is 241 g/mol. The van der Waals surface area contributed by atoms with Crippen LogP contribution in [-0.4, -0.2) is 50.5 Å². The van der Waals surface area contributed by atoms with Crippen LogP contribution in [0, 0.1) is 0 Å². The molecule has 0 aliphatic carbocycles. The Morgan fingerprint density at radius 2 is 1.24 bits per heavy atom. The molecule has 17 heavy (non-hydrogen) atoms. The van der Waals surface area contributed by atoms with Gasteiger partial charge in [0.05, 0.1) is 0 Å². The summed E-state index contributed by atoms with van der Waals surface area (Å²) >= 11 is 0. The average molecular weight is 241 g/mol. The molecule has 0 saturated heterocycles. The van der Waals surface area contributed by atoms with Gasteiger partial charge in [0.1, 0.15) is 0 Å². The molecule has 0 rings (SSSR count). The second kappa shape index (κ2) is 10.4. The van der Waals surface area contributed by atoms with Crippen molar-refractivity contribution in [2.75, 3.05) is 34.7 Å². The second-order valence-electron chi connectivity index (χ2n) is 5.09. The third-order valence-corrected chi connectivity index (χ3v) is 2.81. The van der Waals surface area contributed by atoms with Gasteiger partial charge in [-0.2, -0.15) is 0 Å². The van der Waals surface area contributed by atoms with Crippen LogP contribution in [0.3, 0.4) is 0 Å². The largest absolute Gasteiger partial charge is 0.349 e. The molecule has 0 radical (unpaired) electrons. The maximum atomic E-state index is 4.63. The van der Waals surface area contributed by atoms with Crippen molar-refractivity contribution in [3.05, 3.63) is 0 Å². The first-order valence-corrected chi connectivity index (χ1v) is 6.98. The molecule has 0 heterocycles. The van der Waals surface area contributed by atoms with Gasteiger partial charge in [0.2, 0.25) is 0 Å². The van der Waals surface area contributed by atoms with Crippen LogP contribution in [0.25, 0.3) is 0 Å². The molecule has 0 aliphatic heterocycles. The van der Waals surface area contributed by atoms with Crippen molar-refractivity contribution in [2.24, 2.45) is 4.99 Å². The van der Waals surface area contributed by atoms with Crippen LogP contribution in [-0.2, 0) is 0 Å². The van der Waals surface area contributed by atoms with Gasteiger partial charge in [-0.15, -0.1) is 0 Å². The van der Waals surface area contributed by atoms with E-state index in [1.54, 1.807) is 0 Å². The van der Waals surface area contributed by atoms with E-state index in [1.807, 2.05) is 28.2 Å². The molecule has 0 aromatic carbocycles. The highest BCUT2D eigenvalue weighted by molar-refractivity contribution is 5.79. The van der Waals surface area contributed by atoms with Crippen LogP contribution >= 0.6 is 0 Å². The van der Waals surface area contributed by atoms with Gasteiger partial charge in [-0.25, -0.2) is 0 Å². The van der Waals surface area contributed by atoms with E-state index in [1.165, 1.54) is 44.9 Å². The van der Waals surface area contributed by atoms with Crippen molar-refractivity contribution in [3.63, 3.8) is 0 Å². The summed E-state index contributed by atoms with van der Waals surface area (Å²) in [4.78, 5) is 8.77. The molecule has 0 amide bonds. The van der Waals surface area contributed by atoms with Gasteiger partial charge < -0.3 is 9.80 Å². The third-order valence-electron chi connectivity index (χ3n) is 2.81. The molecule has 0 saturated carbocycles. The molecular formula is C14H31N3.